The number of hydrogen-bond acceptors (Lipinski definition) is 8. The number of carboxylic acid groups (broad SMARTS) is 1. The van der Waals surface area contributed by atoms with Crippen LogP contribution < -0.4 is 20.7 Å². The van der Waals surface area contributed by atoms with Crippen LogP contribution in [0.2, 0.25) is 5.02 Å². The zero-order chi connectivity index (χ0) is 42.8. The number of aromatic nitrogens is 1. The van der Waals surface area contributed by atoms with Crippen LogP contribution in [0.5, 0.6) is 5.75 Å². The monoisotopic (exact) mass is 828 g/mol. The Morgan fingerprint density at radius 1 is 0.767 bits per heavy atom. The third kappa shape index (κ3) is 10.4. The van der Waals surface area contributed by atoms with E-state index >= 15 is 0 Å². The van der Waals surface area contributed by atoms with Gasteiger partial charge in [-0.15, -0.1) is 0 Å². The van der Waals surface area contributed by atoms with Gasteiger partial charge in [0.05, 0.1) is 25.5 Å². The Morgan fingerprint density at radius 3 is 2.08 bits per heavy atom. The molecule has 4 N–H and O–H groups in total. The second-order valence-corrected chi connectivity index (χ2v) is 14.2. The second kappa shape index (κ2) is 19.5. The van der Waals surface area contributed by atoms with Crippen molar-refractivity contribution in [2.24, 2.45) is 0 Å². The van der Waals surface area contributed by atoms with E-state index in [0.717, 1.165) is 0 Å². The van der Waals surface area contributed by atoms with Gasteiger partial charge < -0.3 is 30.5 Å². The Hall–Kier alpha value is -7.25. The summed E-state index contributed by atoms with van der Waals surface area (Å²) in [5.41, 5.74) is 4.27. The van der Waals surface area contributed by atoms with E-state index in [1.54, 1.807) is 146 Å². The highest BCUT2D eigenvalue weighted by Crippen LogP contribution is 2.31. The van der Waals surface area contributed by atoms with E-state index < -0.39 is 42.3 Å². The lowest BCUT2D eigenvalue weighted by molar-refractivity contribution is -0.166. The molecule has 306 valence electrons. The van der Waals surface area contributed by atoms with E-state index in [9.17, 15) is 33.9 Å². The third-order valence-corrected chi connectivity index (χ3v) is 9.99. The SMILES string of the molecule is COc1ccc2c(c1)c(CC(=O)Nc1ccc(CNC(=O)CCC(=O)O[C@@H](C(=O)O)[C@@H](NC(=O)c3ccccc3)c3ccccc3)cc1)c(C)n2C(=O)c1ccc(Cl)cc1. The molecule has 0 aliphatic heterocycles. The Morgan fingerprint density at radius 2 is 1.43 bits per heavy atom. The molecule has 0 aliphatic carbocycles. The summed E-state index contributed by atoms with van der Waals surface area (Å²) in [5, 5.41) is 19.5. The number of nitrogens with zero attached hydrogens (tertiary/aromatic N) is 1. The Bertz CT molecular complexity index is 2520. The van der Waals surface area contributed by atoms with Gasteiger partial charge in [-0.25, -0.2) is 4.79 Å². The highest BCUT2D eigenvalue weighted by atomic mass is 35.5. The van der Waals surface area contributed by atoms with Gasteiger partial charge >= 0.3 is 11.9 Å². The number of fused-ring (bicyclic) bond motifs is 1. The number of halogens is 1. The lowest BCUT2D eigenvalue weighted by atomic mass is 10.0. The number of nitrogens with one attached hydrogen (secondary N) is 3. The second-order valence-electron chi connectivity index (χ2n) is 13.8. The summed E-state index contributed by atoms with van der Waals surface area (Å²) in [6.07, 6.45) is -2.49. The topological polar surface area (TPSA) is 182 Å². The zero-order valence-electron chi connectivity index (χ0n) is 32.6. The molecule has 2 atom stereocenters. The number of ether oxygens (including phenoxy) is 2. The number of carbonyl (C=O) groups is 6. The number of methoxy groups -OCH3 is 1. The van der Waals surface area contributed by atoms with Gasteiger partial charge in [0.2, 0.25) is 17.9 Å². The third-order valence-electron chi connectivity index (χ3n) is 9.74. The standard InChI is InChI=1S/C46H41ClN4O9/c1-28-36(37-25-35(59-2)21-22-38(37)51(28)45(56)32-15-17-33(47)18-16-32)26-40(53)49-34-19-13-29(14-20-34)27-48-39(52)23-24-41(54)60-43(46(57)58)42(30-9-5-3-6-10-30)50-44(55)31-11-7-4-8-12-31/h3-22,25,42-43H,23-24,26-27H2,1-2H3,(H,48,52)(H,49,53)(H,50,55)(H,57,58)/t42-,43+/m0/s1. The van der Waals surface area contributed by atoms with E-state index in [2.05, 4.69) is 16.0 Å². The van der Waals surface area contributed by atoms with E-state index in [1.807, 2.05) is 0 Å². The maximum atomic E-state index is 13.6. The Balaban J connectivity index is 1.03. The molecule has 1 heterocycles. The fraction of sp³-hybridized carbons (Fsp3) is 0.174. The van der Waals surface area contributed by atoms with Gasteiger partial charge in [-0.1, -0.05) is 72.3 Å². The molecular formula is C46H41ClN4O9. The van der Waals surface area contributed by atoms with E-state index in [4.69, 9.17) is 21.1 Å². The molecule has 13 nitrogen and oxygen atoms in total. The van der Waals surface area contributed by atoms with Crippen molar-refractivity contribution in [1.82, 2.24) is 15.2 Å². The predicted octanol–water partition coefficient (Wildman–Crippen LogP) is 7.05. The molecule has 0 spiro atoms. The summed E-state index contributed by atoms with van der Waals surface area (Å²) in [6, 6.07) is 34.0. The first-order valence-electron chi connectivity index (χ1n) is 18.9. The molecule has 0 unspecified atom stereocenters. The average molecular weight is 829 g/mol. The zero-order valence-corrected chi connectivity index (χ0v) is 33.4. The average Bonchev–Trinajstić information content (AvgIpc) is 3.53. The van der Waals surface area contributed by atoms with Gasteiger partial charge in [0.15, 0.2) is 0 Å². The first kappa shape index (κ1) is 42.4. The van der Waals surface area contributed by atoms with Crippen molar-refractivity contribution < 1.29 is 43.3 Å². The molecule has 0 fully saturated rings. The van der Waals surface area contributed by atoms with Crippen LogP contribution in [-0.2, 0) is 36.9 Å². The van der Waals surface area contributed by atoms with Crippen molar-refractivity contribution in [3.8, 4) is 5.75 Å². The number of hydrogen-bond donors (Lipinski definition) is 4. The predicted molar refractivity (Wildman–Crippen MR) is 225 cm³/mol. The lowest BCUT2D eigenvalue weighted by Crippen LogP contribution is -2.43. The molecule has 6 aromatic rings. The summed E-state index contributed by atoms with van der Waals surface area (Å²) >= 11 is 6.04. The number of esters is 1. The van der Waals surface area contributed by atoms with Gasteiger partial charge in [0.25, 0.3) is 11.8 Å². The fourth-order valence-electron chi connectivity index (χ4n) is 6.64. The van der Waals surface area contributed by atoms with Crippen LogP contribution in [0, 0.1) is 6.92 Å². The minimum absolute atomic E-state index is 0.0287. The Labute approximate surface area is 350 Å². The molecule has 14 heteroatoms. The van der Waals surface area contributed by atoms with Gasteiger partial charge in [0, 0.05) is 45.9 Å². The molecular weight excluding hydrogens is 788 g/mol. The van der Waals surface area contributed by atoms with Gasteiger partial charge in [-0.05, 0) is 90.3 Å². The molecule has 0 saturated heterocycles. The number of carbonyl (C=O) groups excluding carboxylic acids is 5. The van der Waals surface area contributed by atoms with Crippen LogP contribution in [0.3, 0.4) is 0 Å². The highest BCUT2D eigenvalue weighted by molar-refractivity contribution is 6.30. The van der Waals surface area contributed by atoms with Crippen molar-refractivity contribution in [3.05, 3.63) is 166 Å². The van der Waals surface area contributed by atoms with Crippen LogP contribution in [0.1, 0.15) is 62.0 Å². The van der Waals surface area contributed by atoms with Gasteiger partial charge in [-0.3, -0.25) is 28.5 Å². The molecule has 0 aliphatic rings. The van der Waals surface area contributed by atoms with E-state index in [0.29, 0.717) is 60.9 Å². The number of rotatable bonds is 16. The summed E-state index contributed by atoms with van der Waals surface area (Å²) in [5.74, 6) is -3.44. The first-order valence-corrected chi connectivity index (χ1v) is 19.3. The fourth-order valence-corrected chi connectivity index (χ4v) is 6.77. The van der Waals surface area contributed by atoms with Crippen LogP contribution in [-0.4, -0.2) is 58.5 Å². The van der Waals surface area contributed by atoms with Crippen LogP contribution in [0.25, 0.3) is 10.9 Å². The summed E-state index contributed by atoms with van der Waals surface area (Å²) in [7, 11) is 1.54. The van der Waals surface area contributed by atoms with Crippen LogP contribution in [0.15, 0.2) is 127 Å². The Kier molecular flexibility index (Phi) is 13.7. The van der Waals surface area contributed by atoms with Crippen molar-refractivity contribution >= 4 is 63.8 Å². The lowest BCUT2D eigenvalue weighted by Gasteiger charge is -2.25. The first-order chi connectivity index (χ1) is 28.9. The molecule has 6 rings (SSSR count). The summed E-state index contributed by atoms with van der Waals surface area (Å²) in [4.78, 5) is 77.9. The number of carboxylic acids is 1. The molecule has 1 aromatic heterocycles. The summed E-state index contributed by atoms with van der Waals surface area (Å²) in [6.45, 7) is 1.90. The van der Waals surface area contributed by atoms with Crippen molar-refractivity contribution in [1.29, 1.82) is 0 Å². The minimum atomic E-state index is -1.77. The van der Waals surface area contributed by atoms with Gasteiger partial charge in [-0.2, -0.15) is 0 Å². The quantitative estimate of drug-likeness (QED) is 0.0744. The smallest absolute Gasteiger partial charge is 0.347 e. The van der Waals surface area contributed by atoms with Crippen molar-refractivity contribution in [2.45, 2.75) is 44.9 Å². The normalized spacial score (nSPS) is 11.8. The molecule has 0 bridgehead atoms. The molecule has 60 heavy (non-hydrogen) atoms. The van der Waals surface area contributed by atoms with E-state index in [-0.39, 0.29) is 31.2 Å². The summed E-state index contributed by atoms with van der Waals surface area (Å²) < 4.78 is 12.4. The maximum absolute atomic E-state index is 13.6. The number of amides is 3. The van der Waals surface area contributed by atoms with Crippen molar-refractivity contribution in [3.63, 3.8) is 0 Å². The maximum Gasteiger partial charge on any atom is 0.347 e. The minimum Gasteiger partial charge on any atom is -0.497 e. The molecule has 3 amide bonds. The van der Waals surface area contributed by atoms with E-state index in [1.165, 1.54) is 0 Å². The van der Waals surface area contributed by atoms with Gasteiger partial charge in [0.1, 0.15) is 11.8 Å². The largest absolute Gasteiger partial charge is 0.497 e. The molecule has 0 radical (unpaired) electrons. The molecule has 0 saturated carbocycles. The number of anilines is 1. The van der Waals surface area contributed by atoms with Crippen LogP contribution in [0.4, 0.5) is 5.69 Å². The number of benzene rings is 5. The number of aliphatic carboxylic acids is 1. The molecule has 5 aromatic carbocycles. The highest BCUT2D eigenvalue weighted by Gasteiger charge is 2.35. The van der Waals surface area contributed by atoms with Crippen molar-refractivity contribution in [2.75, 3.05) is 12.4 Å². The van der Waals surface area contributed by atoms with Crippen LogP contribution >= 0.6 is 11.6 Å².